The first-order valence-electron chi connectivity index (χ1n) is 10.6. The van der Waals surface area contributed by atoms with Crippen LogP contribution in [0.1, 0.15) is 37.4 Å². The van der Waals surface area contributed by atoms with Crippen molar-refractivity contribution in [1.29, 1.82) is 0 Å². The maximum atomic E-state index is 12.0. The molecular weight excluding hydrogens is 366 g/mol. The summed E-state index contributed by atoms with van der Waals surface area (Å²) in [6.45, 7) is 9.89. The van der Waals surface area contributed by atoms with Crippen LogP contribution in [0.25, 0.3) is 0 Å². The number of aliphatic imine (C=N–C) groups is 1. The molecule has 162 valence electrons. The summed E-state index contributed by atoms with van der Waals surface area (Å²) >= 11 is 0. The number of morpholine rings is 1. The second-order valence-corrected chi connectivity index (χ2v) is 7.65. The SMILES string of the molecule is CCc1ccc(C(C)NC(=NCC(=O)N(C)C)NCCCN2CCOCC2)cc1. The lowest BCUT2D eigenvalue weighted by molar-refractivity contribution is -0.127. The Morgan fingerprint density at radius 2 is 1.93 bits per heavy atom. The maximum absolute atomic E-state index is 12.0. The van der Waals surface area contributed by atoms with E-state index in [1.165, 1.54) is 11.1 Å². The zero-order chi connectivity index (χ0) is 21.1. The Hall–Kier alpha value is -2.12. The van der Waals surface area contributed by atoms with E-state index in [1.54, 1.807) is 19.0 Å². The van der Waals surface area contributed by atoms with Gasteiger partial charge in [-0.05, 0) is 37.4 Å². The van der Waals surface area contributed by atoms with Crippen molar-refractivity contribution in [1.82, 2.24) is 20.4 Å². The molecule has 1 amide bonds. The Morgan fingerprint density at radius 1 is 1.24 bits per heavy atom. The van der Waals surface area contributed by atoms with Crippen LogP contribution < -0.4 is 10.6 Å². The Labute approximate surface area is 175 Å². The number of hydrogen-bond donors (Lipinski definition) is 2. The number of hydrogen-bond acceptors (Lipinski definition) is 4. The van der Waals surface area contributed by atoms with Crippen molar-refractivity contribution in [3.05, 3.63) is 35.4 Å². The van der Waals surface area contributed by atoms with Gasteiger partial charge in [0.2, 0.25) is 5.91 Å². The van der Waals surface area contributed by atoms with Gasteiger partial charge < -0.3 is 20.3 Å². The fourth-order valence-corrected chi connectivity index (χ4v) is 3.11. The number of guanidine groups is 1. The third-order valence-electron chi connectivity index (χ3n) is 5.16. The average Bonchev–Trinajstić information content (AvgIpc) is 2.75. The predicted molar refractivity (Wildman–Crippen MR) is 118 cm³/mol. The summed E-state index contributed by atoms with van der Waals surface area (Å²) in [5, 5.41) is 6.83. The van der Waals surface area contributed by atoms with Gasteiger partial charge >= 0.3 is 0 Å². The van der Waals surface area contributed by atoms with Crippen molar-refractivity contribution in [2.75, 3.05) is 60.0 Å². The molecule has 1 aliphatic heterocycles. The lowest BCUT2D eigenvalue weighted by atomic mass is 10.1. The van der Waals surface area contributed by atoms with Crippen molar-refractivity contribution in [3.8, 4) is 0 Å². The average molecular weight is 404 g/mol. The highest BCUT2D eigenvalue weighted by molar-refractivity contribution is 5.85. The summed E-state index contributed by atoms with van der Waals surface area (Å²) in [5.74, 6) is 0.661. The van der Waals surface area contributed by atoms with Crippen LogP contribution in [0.5, 0.6) is 0 Å². The molecule has 1 heterocycles. The molecule has 1 aromatic carbocycles. The van der Waals surface area contributed by atoms with Crippen molar-refractivity contribution in [2.45, 2.75) is 32.7 Å². The quantitative estimate of drug-likeness (QED) is 0.373. The standard InChI is InChI=1S/C22H37N5O2/c1-5-19-7-9-20(10-8-19)18(2)25-22(24-17-21(28)26(3)4)23-11-6-12-27-13-15-29-16-14-27/h7-10,18H,5-6,11-17H2,1-4H3,(H2,23,24,25). The highest BCUT2D eigenvalue weighted by Crippen LogP contribution is 2.13. The summed E-state index contributed by atoms with van der Waals surface area (Å²) in [4.78, 5) is 20.4. The molecule has 2 rings (SSSR count). The molecule has 7 heteroatoms. The summed E-state index contributed by atoms with van der Waals surface area (Å²) in [5.41, 5.74) is 2.52. The maximum Gasteiger partial charge on any atom is 0.243 e. The molecule has 0 radical (unpaired) electrons. The van der Waals surface area contributed by atoms with Crippen LogP contribution in [0.15, 0.2) is 29.3 Å². The number of aryl methyl sites for hydroxylation is 1. The van der Waals surface area contributed by atoms with Gasteiger partial charge in [0.1, 0.15) is 6.54 Å². The first kappa shape index (κ1) is 23.2. The molecule has 1 saturated heterocycles. The van der Waals surface area contributed by atoms with Gasteiger partial charge in [-0.2, -0.15) is 0 Å². The molecule has 7 nitrogen and oxygen atoms in total. The van der Waals surface area contributed by atoms with Crippen LogP contribution in [-0.2, 0) is 16.0 Å². The topological polar surface area (TPSA) is 69.2 Å². The highest BCUT2D eigenvalue weighted by Gasteiger charge is 2.12. The zero-order valence-electron chi connectivity index (χ0n) is 18.4. The van der Waals surface area contributed by atoms with Gasteiger partial charge in [-0.15, -0.1) is 0 Å². The van der Waals surface area contributed by atoms with Gasteiger partial charge in [0, 0.05) is 33.7 Å². The van der Waals surface area contributed by atoms with E-state index in [1.807, 2.05) is 0 Å². The van der Waals surface area contributed by atoms with Gasteiger partial charge in [-0.25, -0.2) is 4.99 Å². The third-order valence-corrected chi connectivity index (χ3v) is 5.16. The number of nitrogens with zero attached hydrogens (tertiary/aromatic N) is 3. The van der Waals surface area contributed by atoms with Gasteiger partial charge in [-0.3, -0.25) is 9.69 Å². The van der Waals surface area contributed by atoms with Crippen LogP contribution in [0, 0.1) is 0 Å². The smallest absolute Gasteiger partial charge is 0.243 e. The number of benzene rings is 1. The molecule has 1 unspecified atom stereocenters. The van der Waals surface area contributed by atoms with Crippen LogP contribution in [0.3, 0.4) is 0 Å². The summed E-state index contributed by atoms with van der Waals surface area (Å²) in [7, 11) is 3.50. The summed E-state index contributed by atoms with van der Waals surface area (Å²) < 4.78 is 5.40. The Kier molecular flexibility index (Phi) is 9.94. The minimum absolute atomic E-state index is 0.0145. The van der Waals surface area contributed by atoms with E-state index in [-0.39, 0.29) is 18.5 Å². The summed E-state index contributed by atoms with van der Waals surface area (Å²) in [6.07, 6.45) is 2.05. The lowest BCUT2D eigenvalue weighted by Crippen LogP contribution is -2.42. The van der Waals surface area contributed by atoms with Crippen molar-refractivity contribution >= 4 is 11.9 Å². The number of carbonyl (C=O) groups excluding carboxylic acids is 1. The minimum atomic E-state index is -0.0145. The number of nitrogens with one attached hydrogen (secondary N) is 2. The van der Waals surface area contributed by atoms with Crippen LogP contribution >= 0.6 is 0 Å². The molecule has 0 aliphatic carbocycles. The normalized spacial score (nSPS) is 16.3. The number of rotatable bonds is 9. The number of amides is 1. The molecular formula is C22H37N5O2. The zero-order valence-corrected chi connectivity index (χ0v) is 18.4. The molecule has 1 aliphatic rings. The fourth-order valence-electron chi connectivity index (χ4n) is 3.11. The number of ether oxygens (including phenoxy) is 1. The van der Waals surface area contributed by atoms with Gasteiger partial charge in [-0.1, -0.05) is 31.2 Å². The number of likely N-dealkylation sites (N-methyl/N-ethyl adjacent to an activating group) is 1. The van der Waals surface area contributed by atoms with Crippen LogP contribution in [-0.4, -0.2) is 81.7 Å². The van der Waals surface area contributed by atoms with E-state index in [2.05, 4.69) is 58.6 Å². The van der Waals surface area contributed by atoms with Gasteiger partial charge in [0.05, 0.1) is 19.3 Å². The largest absolute Gasteiger partial charge is 0.379 e. The van der Waals surface area contributed by atoms with Crippen molar-refractivity contribution in [2.24, 2.45) is 4.99 Å². The van der Waals surface area contributed by atoms with Gasteiger partial charge in [0.25, 0.3) is 0 Å². The molecule has 1 atom stereocenters. The van der Waals surface area contributed by atoms with Crippen molar-refractivity contribution in [3.63, 3.8) is 0 Å². The minimum Gasteiger partial charge on any atom is -0.379 e. The van der Waals surface area contributed by atoms with Gasteiger partial charge in [0.15, 0.2) is 5.96 Å². The molecule has 0 spiro atoms. The van der Waals surface area contributed by atoms with E-state index >= 15 is 0 Å². The molecule has 0 aromatic heterocycles. The monoisotopic (exact) mass is 403 g/mol. The third kappa shape index (κ3) is 8.41. The molecule has 1 aromatic rings. The second kappa shape index (κ2) is 12.4. The second-order valence-electron chi connectivity index (χ2n) is 7.65. The number of carbonyl (C=O) groups is 1. The fraction of sp³-hybridized carbons (Fsp3) is 0.636. The Morgan fingerprint density at radius 3 is 2.55 bits per heavy atom. The van der Waals surface area contributed by atoms with E-state index in [0.29, 0.717) is 5.96 Å². The molecule has 1 fully saturated rings. The highest BCUT2D eigenvalue weighted by atomic mass is 16.5. The Balaban J connectivity index is 1.90. The summed E-state index contributed by atoms with van der Waals surface area (Å²) in [6, 6.07) is 8.72. The van der Waals surface area contributed by atoms with Crippen molar-refractivity contribution < 1.29 is 9.53 Å². The van der Waals surface area contributed by atoms with E-state index < -0.39 is 0 Å². The van der Waals surface area contributed by atoms with Crippen LogP contribution in [0.2, 0.25) is 0 Å². The van der Waals surface area contributed by atoms with E-state index in [9.17, 15) is 4.79 Å². The molecule has 29 heavy (non-hydrogen) atoms. The molecule has 0 bridgehead atoms. The first-order valence-corrected chi connectivity index (χ1v) is 10.6. The molecule has 2 N–H and O–H groups in total. The first-order chi connectivity index (χ1) is 14.0. The van der Waals surface area contributed by atoms with E-state index in [4.69, 9.17) is 4.74 Å². The van der Waals surface area contributed by atoms with Crippen LogP contribution in [0.4, 0.5) is 0 Å². The molecule has 0 saturated carbocycles. The van der Waals surface area contributed by atoms with E-state index in [0.717, 1.165) is 52.2 Å². The lowest BCUT2D eigenvalue weighted by Gasteiger charge is -2.26. The predicted octanol–water partition coefficient (Wildman–Crippen LogP) is 1.66. The Bertz CT molecular complexity index is 639.